The first-order valence-corrected chi connectivity index (χ1v) is 10.7. The molecule has 1 aliphatic heterocycles. The first-order chi connectivity index (χ1) is 16.1. The lowest BCUT2D eigenvalue weighted by Crippen LogP contribution is -2.37. The van der Waals surface area contributed by atoms with Crippen LogP contribution in [0.25, 0.3) is 11.0 Å². The molecule has 0 atom stereocenters. The van der Waals surface area contributed by atoms with E-state index >= 15 is 0 Å². The standard InChI is InChI=1S/C24H23N7O2/c1-16-14-22(30-24(27-16)31-10-12-33-13-11-31)28-18-3-5-19(6-4-18)29-23(32)17-2-7-20-21(15-17)26-9-8-25-20/h2-9,14-15H,10-13H2,1H3,(H,29,32)(H,27,28,30). The second kappa shape index (κ2) is 9.17. The normalized spacial score (nSPS) is 13.7. The van der Waals surface area contributed by atoms with E-state index < -0.39 is 0 Å². The Labute approximate surface area is 190 Å². The summed E-state index contributed by atoms with van der Waals surface area (Å²) >= 11 is 0. The van der Waals surface area contributed by atoms with Gasteiger partial charge in [-0.05, 0) is 49.4 Å². The molecule has 0 unspecified atom stereocenters. The van der Waals surface area contributed by atoms with Crippen LogP contribution in [0.5, 0.6) is 0 Å². The van der Waals surface area contributed by atoms with Crippen molar-refractivity contribution in [3.63, 3.8) is 0 Å². The Morgan fingerprint density at radius 2 is 1.64 bits per heavy atom. The Balaban J connectivity index is 1.26. The number of amides is 1. The molecule has 1 saturated heterocycles. The number of nitrogens with zero attached hydrogens (tertiary/aromatic N) is 5. The van der Waals surface area contributed by atoms with Crippen molar-refractivity contribution in [2.75, 3.05) is 41.8 Å². The molecule has 33 heavy (non-hydrogen) atoms. The van der Waals surface area contributed by atoms with Crippen LogP contribution in [-0.4, -0.2) is 52.1 Å². The van der Waals surface area contributed by atoms with Crippen LogP contribution >= 0.6 is 0 Å². The van der Waals surface area contributed by atoms with Crippen molar-refractivity contribution >= 4 is 40.1 Å². The third kappa shape index (κ3) is 4.88. The summed E-state index contributed by atoms with van der Waals surface area (Å²) in [6, 6.07) is 14.7. The monoisotopic (exact) mass is 441 g/mol. The van der Waals surface area contributed by atoms with Crippen molar-refractivity contribution < 1.29 is 9.53 Å². The van der Waals surface area contributed by atoms with E-state index in [1.54, 1.807) is 30.6 Å². The Bertz CT molecular complexity index is 1290. The lowest BCUT2D eigenvalue weighted by molar-refractivity contribution is 0.102. The van der Waals surface area contributed by atoms with Crippen LogP contribution in [0.15, 0.2) is 60.9 Å². The van der Waals surface area contributed by atoms with Crippen LogP contribution in [0.1, 0.15) is 16.1 Å². The van der Waals surface area contributed by atoms with Gasteiger partial charge in [0.2, 0.25) is 5.95 Å². The molecule has 9 nitrogen and oxygen atoms in total. The molecule has 0 bridgehead atoms. The predicted molar refractivity (Wildman–Crippen MR) is 127 cm³/mol. The average Bonchev–Trinajstić information content (AvgIpc) is 2.85. The molecule has 9 heteroatoms. The SMILES string of the molecule is Cc1cc(Nc2ccc(NC(=O)c3ccc4nccnc4c3)cc2)nc(N2CCOCC2)n1. The van der Waals surface area contributed by atoms with Crippen molar-refractivity contribution in [2.45, 2.75) is 6.92 Å². The van der Waals surface area contributed by atoms with Crippen LogP contribution in [0.4, 0.5) is 23.1 Å². The van der Waals surface area contributed by atoms with E-state index in [9.17, 15) is 4.79 Å². The van der Waals surface area contributed by atoms with Crippen molar-refractivity contribution in [3.05, 3.63) is 72.2 Å². The number of aryl methyl sites for hydroxylation is 1. The zero-order valence-electron chi connectivity index (χ0n) is 18.2. The van der Waals surface area contributed by atoms with Gasteiger partial charge in [-0.15, -0.1) is 0 Å². The maximum atomic E-state index is 12.7. The summed E-state index contributed by atoms with van der Waals surface area (Å²) in [6.07, 6.45) is 3.24. The fraction of sp³-hybridized carbons (Fsp3) is 0.208. The Morgan fingerprint density at radius 1 is 0.909 bits per heavy atom. The number of hydrogen-bond donors (Lipinski definition) is 2. The molecule has 0 aliphatic carbocycles. The van der Waals surface area contributed by atoms with Gasteiger partial charge in [0.05, 0.1) is 24.2 Å². The number of ether oxygens (including phenoxy) is 1. The highest BCUT2D eigenvalue weighted by Gasteiger charge is 2.15. The van der Waals surface area contributed by atoms with Gasteiger partial charge in [0.15, 0.2) is 0 Å². The van der Waals surface area contributed by atoms with Gasteiger partial charge >= 0.3 is 0 Å². The lowest BCUT2D eigenvalue weighted by atomic mass is 10.1. The molecular formula is C24H23N7O2. The predicted octanol–water partition coefficient (Wildman–Crippen LogP) is 3.56. The van der Waals surface area contributed by atoms with Crippen molar-refractivity contribution in [3.8, 4) is 0 Å². The minimum Gasteiger partial charge on any atom is -0.378 e. The van der Waals surface area contributed by atoms with E-state index in [1.807, 2.05) is 37.3 Å². The summed E-state index contributed by atoms with van der Waals surface area (Å²) in [5.74, 6) is 1.22. The summed E-state index contributed by atoms with van der Waals surface area (Å²) in [7, 11) is 0. The number of morpholine rings is 1. The summed E-state index contributed by atoms with van der Waals surface area (Å²) in [4.78, 5) is 32.5. The molecule has 2 N–H and O–H groups in total. The first-order valence-electron chi connectivity index (χ1n) is 10.7. The molecule has 1 aliphatic rings. The van der Waals surface area contributed by atoms with Crippen molar-refractivity contribution in [1.29, 1.82) is 0 Å². The lowest BCUT2D eigenvalue weighted by Gasteiger charge is -2.27. The van der Waals surface area contributed by atoms with Gasteiger partial charge in [-0.2, -0.15) is 4.98 Å². The largest absolute Gasteiger partial charge is 0.378 e. The zero-order chi connectivity index (χ0) is 22.6. The molecule has 5 rings (SSSR count). The van der Waals surface area contributed by atoms with E-state index in [2.05, 4.69) is 35.5 Å². The van der Waals surface area contributed by atoms with E-state index in [-0.39, 0.29) is 5.91 Å². The number of rotatable bonds is 5. The van der Waals surface area contributed by atoms with E-state index in [0.717, 1.165) is 35.8 Å². The summed E-state index contributed by atoms with van der Waals surface area (Å²) < 4.78 is 5.41. The number of anilines is 4. The maximum absolute atomic E-state index is 12.7. The van der Waals surface area contributed by atoms with Gasteiger partial charge in [0.25, 0.3) is 5.91 Å². The van der Waals surface area contributed by atoms with E-state index in [1.165, 1.54) is 0 Å². The van der Waals surface area contributed by atoms with Crippen LogP contribution < -0.4 is 15.5 Å². The Hall–Kier alpha value is -4.11. The average molecular weight is 441 g/mol. The number of aromatic nitrogens is 4. The summed E-state index contributed by atoms with van der Waals surface area (Å²) in [5, 5.41) is 6.24. The highest BCUT2D eigenvalue weighted by molar-refractivity contribution is 6.05. The smallest absolute Gasteiger partial charge is 0.255 e. The molecule has 1 amide bonds. The molecule has 4 aromatic rings. The summed E-state index contributed by atoms with van der Waals surface area (Å²) in [5.41, 5.74) is 4.40. The third-order valence-electron chi connectivity index (χ3n) is 5.28. The fourth-order valence-corrected chi connectivity index (χ4v) is 3.61. The molecule has 166 valence electrons. The fourth-order valence-electron chi connectivity index (χ4n) is 3.61. The quantitative estimate of drug-likeness (QED) is 0.484. The molecule has 0 radical (unpaired) electrons. The second-order valence-corrected chi connectivity index (χ2v) is 7.71. The topological polar surface area (TPSA) is 105 Å². The van der Waals surface area contributed by atoms with Crippen LogP contribution in [0, 0.1) is 6.92 Å². The Morgan fingerprint density at radius 3 is 2.42 bits per heavy atom. The van der Waals surface area contributed by atoms with Gasteiger partial charge in [-0.25, -0.2) is 4.98 Å². The number of hydrogen-bond acceptors (Lipinski definition) is 8. The number of nitrogens with one attached hydrogen (secondary N) is 2. The summed E-state index contributed by atoms with van der Waals surface area (Å²) in [6.45, 7) is 4.87. The Kier molecular flexibility index (Phi) is 5.77. The number of benzene rings is 2. The molecule has 0 saturated carbocycles. The molecular weight excluding hydrogens is 418 g/mol. The van der Waals surface area contributed by atoms with Gasteiger partial charge in [0.1, 0.15) is 5.82 Å². The van der Waals surface area contributed by atoms with Crippen LogP contribution in [0.2, 0.25) is 0 Å². The molecule has 2 aromatic heterocycles. The van der Waals surface area contributed by atoms with Crippen molar-refractivity contribution in [2.24, 2.45) is 0 Å². The minimum absolute atomic E-state index is 0.204. The molecule has 1 fully saturated rings. The number of carbonyl (C=O) groups is 1. The van der Waals surface area contributed by atoms with Crippen molar-refractivity contribution in [1.82, 2.24) is 19.9 Å². The third-order valence-corrected chi connectivity index (χ3v) is 5.28. The van der Waals surface area contributed by atoms with Gasteiger partial charge in [0, 0.05) is 54.2 Å². The molecule has 2 aromatic carbocycles. The second-order valence-electron chi connectivity index (χ2n) is 7.71. The maximum Gasteiger partial charge on any atom is 0.255 e. The van der Waals surface area contributed by atoms with Crippen LogP contribution in [0.3, 0.4) is 0 Å². The van der Waals surface area contributed by atoms with Crippen LogP contribution in [-0.2, 0) is 4.74 Å². The zero-order valence-corrected chi connectivity index (χ0v) is 18.2. The molecule has 3 heterocycles. The van der Waals surface area contributed by atoms with Gasteiger partial charge in [-0.1, -0.05) is 0 Å². The number of carbonyl (C=O) groups excluding carboxylic acids is 1. The first kappa shape index (κ1) is 20.8. The van der Waals surface area contributed by atoms with E-state index in [4.69, 9.17) is 4.74 Å². The minimum atomic E-state index is -0.204. The highest BCUT2D eigenvalue weighted by Crippen LogP contribution is 2.21. The van der Waals surface area contributed by atoms with Gasteiger partial charge in [-0.3, -0.25) is 14.8 Å². The number of fused-ring (bicyclic) bond motifs is 1. The molecule has 0 spiro atoms. The van der Waals surface area contributed by atoms with E-state index in [0.29, 0.717) is 35.9 Å². The van der Waals surface area contributed by atoms with Gasteiger partial charge < -0.3 is 20.3 Å². The highest BCUT2D eigenvalue weighted by atomic mass is 16.5.